The minimum Gasteiger partial charge on any atom is -0.0654 e. The van der Waals surface area contributed by atoms with Crippen LogP contribution < -0.4 is 0 Å². The van der Waals surface area contributed by atoms with Crippen molar-refractivity contribution >= 4 is 0 Å². The molecule has 0 heteroatoms. The Morgan fingerprint density at radius 2 is 1.36 bits per heavy atom. The summed E-state index contributed by atoms with van der Waals surface area (Å²) in [7, 11) is 0. The first-order chi connectivity index (χ1) is 6.38. The summed E-state index contributed by atoms with van der Waals surface area (Å²) in [5, 5.41) is 0. The predicted molar refractivity (Wildman–Crippen MR) is 66.5 cm³/mol. The average molecular weight is 198 g/mol. The molecule has 0 aromatic heterocycles. The molecule has 0 radical (unpaired) electrons. The lowest BCUT2D eigenvalue weighted by molar-refractivity contribution is 0.00282. The molecule has 0 rings (SSSR count). The van der Waals surface area contributed by atoms with Gasteiger partial charge in [-0.3, -0.25) is 0 Å². The summed E-state index contributed by atoms with van der Waals surface area (Å²) in [6.07, 6.45) is 5.28. The van der Waals surface area contributed by atoms with E-state index >= 15 is 0 Å². The van der Waals surface area contributed by atoms with Gasteiger partial charge in [-0.05, 0) is 23.2 Å². The number of rotatable bonds is 6. The van der Waals surface area contributed by atoms with Crippen molar-refractivity contribution in [3.05, 3.63) is 0 Å². The fourth-order valence-electron chi connectivity index (χ4n) is 2.86. The molecule has 0 aliphatic heterocycles. The van der Waals surface area contributed by atoms with Crippen molar-refractivity contribution in [2.75, 3.05) is 0 Å². The molecule has 0 saturated carbocycles. The first kappa shape index (κ1) is 14.0. The van der Waals surface area contributed by atoms with Gasteiger partial charge in [-0.2, -0.15) is 0 Å². The van der Waals surface area contributed by atoms with Crippen LogP contribution in [0.4, 0.5) is 0 Å². The molecule has 1 unspecified atom stereocenters. The molecule has 1 atom stereocenters. The van der Waals surface area contributed by atoms with Crippen molar-refractivity contribution < 1.29 is 0 Å². The Morgan fingerprint density at radius 1 is 0.929 bits per heavy atom. The van der Waals surface area contributed by atoms with E-state index in [0.29, 0.717) is 10.8 Å². The summed E-state index contributed by atoms with van der Waals surface area (Å²) in [4.78, 5) is 0. The van der Waals surface area contributed by atoms with E-state index in [-0.39, 0.29) is 0 Å². The molecule has 0 aromatic carbocycles. The molecule has 14 heavy (non-hydrogen) atoms. The van der Waals surface area contributed by atoms with E-state index < -0.39 is 0 Å². The summed E-state index contributed by atoms with van der Waals surface area (Å²) in [6, 6.07) is 0. The van der Waals surface area contributed by atoms with Crippen LogP contribution in [0.2, 0.25) is 0 Å². The summed E-state index contributed by atoms with van der Waals surface area (Å²) < 4.78 is 0. The second-order valence-corrected chi connectivity index (χ2v) is 5.59. The Kier molecular flexibility index (Phi) is 5.19. The minimum absolute atomic E-state index is 0.505. The molecule has 0 aromatic rings. The lowest BCUT2D eigenvalue weighted by Crippen LogP contribution is -2.41. The van der Waals surface area contributed by atoms with Crippen LogP contribution in [0.15, 0.2) is 0 Å². The largest absolute Gasteiger partial charge is 0.0654 e. The van der Waals surface area contributed by atoms with Gasteiger partial charge < -0.3 is 0 Å². The van der Waals surface area contributed by atoms with Gasteiger partial charge in [0.05, 0.1) is 0 Å². The normalized spacial score (nSPS) is 17.1. The third-order valence-corrected chi connectivity index (χ3v) is 4.98. The summed E-state index contributed by atoms with van der Waals surface area (Å²) >= 11 is 0. The van der Waals surface area contributed by atoms with Crippen molar-refractivity contribution in [3.63, 3.8) is 0 Å². The van der Waals surface area contributed by atoms with Crippen LogP contribution in [0, 0.1) is 16.7 Å². The maximum absolute atomic E-state index is 2.49. The van der Waals surface area contributed by atoms with E-state index in [4.69, 9.17) is 0 Å². The van der Waals surface area contributed by atoms with E-state index in [0.717, 1.165) is 5.92 Å². The van der Waals surface area contributed by atoms with Crippen LogP contribution in [0.3, 0.4) is 0 Å². The topological polar surface area (TPSA) is 0 Å². The highest BCUT2D eigenvalue weighted by molar-refractivity contribution is 4.92. The van der Waals surface area contributed by atoms with E-state index in [2.05, 4.69) is 48.5 Å². The lowest BCUT2D eigenvalue weighted by Gasteiger charge is -2.49. The van der Waals surface area contributed by atoms with Crippen molar-refractivity contribution in [1.29, 1.82) is 0 Å². The summed E-state index contributed by atoms with van der Waals surface area (Å²) in [6.45, 7) is 16.8. The Balaban J connectivity index is 4.95. The molecule has 0 aliphatic rings. The summed E-state index contributed by atoms with van der Waals surface area (Å²) in [5.74, 6) is 0.785. The molecule has 0 saturated heterocycles. The van der Waals surface area contributed by atoms with Crippen molar-refractivity contribution in [3.8, 4) is 0 Å². The monoisotopic (exact) mass is 198 g/mol. The van der Waals surface area contributed by atoms with Crippen molar-refractivity contribution in [2.24, 2.45) is 16.7 Å². The van der Waals surface area contributed by atoms with Crippen LogP contribution in [0.25, 0.3) is 0 Å². The van der Waals surface area contributed by atoms with E-state index in [9.17, 15) is 0 Å². The molecule has 0 spiro atoms. The van der Waals surface area contributed by atoms with Gasteiger partial charge in [-0.1, -0.05) is 67.7 Å². The Labute approximate surface area is 91.5 Å². The molecule has 0 N–H and O–H groups in total. The third kappa shape index (κ3) is 2.32. The number of hydrogen-bond acceptors (Lipinski definition) is 0. The molecule has 0 heterocycles. The zero-order valence-corrected chi connectivity index (χ0v) is 11.4. The smallest absolute Gasteiger partial charge is 0.0249 e. The molecule has 0 bridgehead atoms. The highest BCUT2D eigenvalue weighted by Gasteiger charge is 2.43. The van der Waals surface area contributed by atoms with Crippen LogP contribution >= 0.6 is 0 Å². The summed E-state index contributed by atoms with van der Waals surface area (Å²) in [5.41, 5.74) is 1.02. The second kappa shape index (κ2) is 5.19. The van der Waals surface area contributed by atoms with Crippen molar-refractivity contribution in [2.45, 2.75) is 74.1 Å². The first-order valence-corrected chi connectivity index (χ1v) is 6.38. The molecular formula is C14H30. The SMILES string of the molecule is CCCC(C)(C(C)C)C(C)(CC)CC. The fourth-order valence-corrected chi connectivity index (χ4v) is 2.86. The third-order valence-electron chi connectivity index (χ3n) is 4.98. The van der Waals surface area contributed by atoms with Gasteiger partial charge in [-0.15, -0.1) is 0 Å². The highest BCUT2D eigenvalue weighted by atomic mass is 14.5. The van der Waals surface area contributed by atoms with Crippen LogP contribution in [0.5, 0.6) is 0 Å². The second-order valence-electron chi connectivity index (χ2n) is 5.59. The van der Waals surface area contributed by atoms with Crippen LogP contribution in [0.1, 0.15) is 74.1 Å². The van der Waals surface area contributed by atoms with Gasteiger partial charge in [0.25, 0.3) is 0 Å². The minimum atomic E-state index is 0.505. The highest BCUT2D eigenvalue weighted by Crippen LogP contribution is 2.52. The van der Waals surface area contributed by atoms with Gasteiger partial charge >= 0.3 is 0 Å². The van der Waals surface area contributed by atoms with Gasteiger partial charge in [0.2, 0.25) is 0 Å². The molecule has 86 valence electrons. The van der Waals surface area contributed by atoms with Crippen molar-refractivity contribution in [1.82, 2.24) is 0 Å². The lowest BCUT2D eigenvalue weighted by atomic mass is 9.56. The van der Waals surface area contributed by atoms with E-state index in [1.54, 1.807) is 0 Å². The van der Waals surface area contributed by atoms with E-state index in [1.165, 1.54) is 25.7 Å². The molecule has 0 aliphatic carbocycles. The quantitative estimate of drug-likeness (QED) is 0.545. The van der Waals surface area contributed by atoms with Gasteiger partial charge in [-0.25, -0.2) is 0 Å². The van der Waals surface area contributed by atoms with Gasteiger partial charge in [0.1, 0.15) is 0 Å². The molecular weight excluding hydrogens is 168 g/mol. The number of hydrogen-bond donors (Lipinski definition) is 0. The Bertz CT molecular complexity index is 153. The molecule has 0 amide bonds. The molecule has 0 nitrogen and oxygen atoms in total. The zero-order chi connectivity index (χ0) is 11.4. The fraction of sp³-hybridized carbons (Fsp3) is 1.00. The van der Waals surface area contributed by atoms with Crippen LogP contribution in [-0.2, 0) is 0 Å². The van der Waals surface area contributed by atoms with Gasteiger partial charge in [0.15, 0.2) is 0 Å². The first-order valence-electron chi connectivity index (χ1n) is 6.38. The Morgan fingerprint density at radius 3 is 1.57 bits per heavy atom. The molecule has 0 fully saturated rings. The zero-order valence-electron chi connectivity index (χ0n) is 11.4. The Hall–Kier alpha value is 0. The van der Waals surface area contributed by atoms with Crippen LogP contribution in [-0.4, -0.2) is 0 Å². The van der Waals surface area contributed by atoms with E-state index in [1.807, 2.05) is 0 Å². The average Bonchev–Trinajstić information content (AvgIpc) is 2.16. The standard InChI is InChI=1S/C14H30/c1-8-11-14(7,12(4)5)13(6,9-2)10-3/h12H,8-11H2,1-7H3. The maximum Gasteiger partial charge on any atom is -0.0249 e. The maximum atomic E-state index is 2.49. The predicted octanol–water partition coefficient (Wildman–Crippen LogP) is 5.28. The van der Waals surface area contributed by atoms with Gasteiger partial charge in [0, 0.05) is 0 Å².